The van der Waals surface area contributed by atoms with Crippen LogP contribution in [0.2, 0.25) is 0 Å². The summed E-state index contributed by atoms with van der Waals surface area (Å²) in [6, 6.07) is 4.51. The van der Waals surface area contributed by atoms with Crippen molar-refractivity contribution in [2.24, 2.45) is 0 Å². The van der Waals surface area contributed by atoms with Crippen molar-refractivity contribution in [2.75, 3.05) is 11.9 Å². The summed E-state index contributed by atoms with van der Waals surface area (Å²) in [6.45, 7) is 2.17. The number of hydrogen-bond donors (Lipinski definition) is 2. The van der Waals surface area contributed by atoms with E-state index in [2.05, 4.69) is 5.32 Å². The van der Waals surface area contributed by atoms with Gasteiger partial charge in [0.2, 0.25) is 0 Å². The quantitative estimate of drug-likeness (QED) is 0.838. The van der Waals surface area contributed by atoms with E-state index in [1.54, 1.807) is 13.0 Å². The highest BCUT2D eigenvalue weighted by atomic mass is 127. The van der Waals surface area contributed by atoms with Crippen molar-refractivity contribution >= 4 is 28.3 Å². The molecule has 2 nitrogen and oxygen atoms in total. The van der Waals surface area contributed by atoms with Crippen molar-refractivity contribution in [3.63, 3.8) is 0 Å². The molecule has 2 N–H and O–H groups in total. The monoisotopic (exact) mass is 295 g/mol. The van der Waals surface area contributed by atoms with E-state index in [9.17, 15) is 4.39 Å². The number of aliphatic hydroxyl groups is 1. The summed E-state index contributed by atoms with van der Waals surface area (Å²) in [6.07, 6.45) is -0.402. The zero-order chi connectivity index (χ0) is 9.84. The van der Waals surface area contributed by atoms with Crippen molar-refractivity contribution in [1.82, 2.24) is 0 Å². The first-order valence-electron chi connectivity index (χ1n) is 3.96. The average Bonchev–Trinajstić information content (AvgIpc) is 2.02. The van der Waals surface area contributed by atoms with Crippen LogP contribution in [-0.2, 0) is 0 Å². The molecule has 0 radical (unpaired) electrons. The molecule has 0 bridgehead atoms. The standard InChI is InChI=1S/C9H11FINO/c1-6(13)5-12-9-3-2-7(10)4-8(9)11/h2-4,6,12-13H,5H2,1H3. The van der Waals surface area contributed by atoms with Crippen molar-refractivity contribution < 1.29 is 9.50 Å². The van der Waals surface area contributed by atoms with Gasteiger partial charge in [0, 0.05) is 15.8 Å². The lowest BCUT2D eigenvalue weighted by molar-refractivity contribution is 0.208. The van der Waals surface area contributed by atoms with Crippen LogP contribution in [0, 0.1) is 9.39 Å². The maximum atomic E-state index is 12.7. The summed E-state index contributed by atoms with van der Waals surface area (Å²) in [7, 11) is 0. The summed E-state index contributed by atoms with van der Waals surface area (Å²) in [5.74, 6) is -0.244. The van der Waals surface area contributed by atoms with Crippen LogP contribution in [0.25, 0.3) is 0 Å². The van der Waals surface area contributed by atoms with Crippen LogP contribution in [-0.4, -0.2) is 17.8 Å². The topological polar surface area (TPSA) is 32.3 Å². The summed E-state index contributed by atoms with van der Waals surface area (Å²) in [5.41, 5.74) is 0.850. The third-order valence-electron chi connectivity index (χ3n) is 1.52. The van der Waals surface area contributed by atoms with Crippen molar-refractivity contribution in [3.8, 4) is 0 Å². The molecule has 0 aliphatic heterocycles. The molecule has 0 aliphatic rings. The maximum Gasteiger partial charge on any atom is 0.124 e. The number of anilines is 1. The third-order valence-corrected chi connectivity index (χ3v) is 2.41. The molecule has 0 saturated carbocycles. The average molecular weight is 295 g/mol. The van der Waals surface area contributed by atoms with Crippen LogP contribution in [0.1, 0.15) is 6.92 Å². The van der Waals surface area contributed by atoms with Gasteiger partial charge in [-0.05, 0) is 47.7 Å². The zero-order valence-corrected chi connectivity index (χ0v) is 9.38. The van der Waals surface area contributed by atoms with Crippen LogP contribution >= 0.6 is 22.6 Å². The molecule has 0 heterocycles. The van der Waals surface area contributed by atoms with Crippen LogP contribution < -0.4 is 5.32 Å². The summed E-state index contributed by atoms with van der Waals surface area (Å²) < 4.78 is 13.5. The Morgan fingerprint density at radius 2 is 2.31 bits per heavy atom. The van der Waals surface area contributed by atoms with Crippen LogP contribution in [0.5, 0.6) is 0 Å². The fourth-order valence-corrected chi connectivity index (χ4v) is 1.56. The lowest BCUT2D eigenvalue weighted by Crippen LogP contribution is -2.15. The van der Waals surface area contributed by atoms with Gasteiger partial charge in [0.25, 0.3) is 0 Å². The molecule has 1 aromatic rings. The number of hydrogen-bond acceptors (Lipinski definition) is 2. The van der Waals surface area contributed by atoms with Gasteiger partial charge in [-0.3, -0.25) is 0 Å². The van der Waals surface area contributed by atoms with E-state index in [0.29, 0.717) is 6.54 Å². The van der Waals surface area contributed by atoms with Crippen molar-refractivity contribution in [1.29, 1.82) is 0 Å². The number of nitrogens with one attached hydrogen (secondary N) is 1. The van der Waals surface area contributed by atoms with Crippen molar-refractivity contribution in [3.05, 3.63) is 27.6 Å². The molecule has 1 atom stereocenters. The molecule has 72 valence electrons. The van der Waals surface area contributed by atoms with Gasteiger partial charge in [-0.15, -0.1) is 0 Å². The molecular weight excluding hydrogens is 284 g/mol. The SMILES string of the molecule is CC(O)CNc1ccc(F)cc1I. The van der Waals surface area contributed by atoms with E-state index in [4.69, 9.17) is 5.11 Å². The molecule has 1 unspecified atom stereocenters. The lowest BCUT2D eigenvalue weighted by Gasteiger charge is -2.09. The molecule has 0 aliphatic carbocycles. The second-order valence-electron chi connectivity index (χ2n) is 2.85. The largest absolute Gasteiger partial charge is 0.392 e. The normalized spacial score (nSPS) is 12.6. The van der Waals surface area contributed by atoms with Gasteiger partial charge in [0.15, 0.2) is 0 Å². The van der Waals surface area contributed by atoms with E-state index < -0.39 is 6.10 Å². The molecular formula is C9H11FINO. The van der Waals surface area contributed by atoms with E-state index in [-0.39, 0.29) is 5.82 Å². The Hall–Kier alpha value is -0.360. The van der Waals surface area contributed by atoms with Gasteiger partial charge in [0.05, 0.1) is 6.10 Å². The second kappa shape index (κ2) is 4.76. The number of benzene rings is 1. The Balaban J connectivity index is 2.67. The predicted molar refractivity (Wildman–Crippen MR) is 59.3 cm³/mol. The molecule has 0 saturated heterocycles. The molecule has 0 amide bonds. The predicted octanol–water partition coefficient (Wildman–Crippen LogP) is 2.22. The van der Waals surface area contributed by atoms with Gasteiger partial charge in [-0.2, -0.15) is 0 Å². The van der Waals surface area contributed by atoms with Crippen LogP contribution in [0.4, 0.5) is 10.1 Å². The lowest BCUT2D eigenvalue weighted by atomic mass is 10.3. The number of rotatable bonds is 3. The first-order valence-corrected chi connectivity index (χ1v) is 5.04. The van der Waals surface area contributed by atoms with Gasteiger partial charge < -0.3 is 10.4 Å². The third kappa shape index (κ3) is 3.48. The minimum atomic E-state index is -0.402. The molecule has 13 heavy (non-hydrogen) atoms. The minimum absolute atomic E-state index is 0.244. The van der Waals surface area contributed by atoms with Gasteiger partial charge in [0.1, 0.15) is 5.82 Å². The van der Waals surface area contributed by atoms with E-state index in [1.165, 1.54) is 12.1 Å². The number of halogens is 2. The molecule has 0 spiro atoms. The molecule has 0 fully saturated rings. The summed E-state index contributed by atoms with van der Waals surface area (Å²) >= 11 is 2.05. The Morgan fingerprint density at radius 1 is 1.62 bits per heavy atom. The first-order chi connectivity index (χ1) is 6.09. The Morgan fingerprint density at radius 3 is 2.85 bits per heavy atom. The first kappa shape index (κ1) is 10.7. The van der Waals surface area contributed by atoms with Crippen LogP contribution in [0.3, 0.4) is 0 Å². The Bertz CT molecular complexity index is 291. The van der Waals surface area contributed by atoms with E-state index in [0.717, 1.165) is 9.26 Å². The van der Waals surface area contributed by atoms with Gasteiger partial charge in [-0.1, -0.05) is 0 Å². The van der Waals surface area contributed by atoms with Gasteiger partial charge in [-0.25, -0.2) is 4.39 Å². The minimum Gasteiger partial charge on any atom is -0.392 e. The van der Waals surface area contributed by atoms with Crippen LogP contribution in [0.15, 0.2) is 18.2 Å². The fraction of sp³-hybridized carbons (Fsp3) is 0.333. The highest BCUT2D eigenvalue weighted by molar-refractivity contribution is 14.1. The smallest absolute Gasteiger partial charge is 0.124 e. The molecule has 4 heteroatoms. The Labute approximate surface area is 90.3 Å². The molecule has 1 aromatic carbocycles. The fourth-order valence-electron chi connectivity index (χ4n) is 0.891. The maximum absolute atomic E-state index is 12.7. The summed E-state index contributed by atoms with van der Waals surface area (Å²) in [5, 5.41) is 12.0. The Kier molecular flexibility index (Phi) is 3.92. The van der Waals surface area contributed by atoms with Gasteiger partial charge >= 0.3 is 0 Å². The molecule has 0 aromatic heterocycles. The second-order valence-corrected chi connectivity index (χ2v) is 4.02. The van der Waals surface area contributed by atoms with E-state index in [1.807, 2.05) is 22.6 Å². The highest BCUT2D eigenvalue weighted by Crippen LogP contribution is 2.18. The van der Waals surface area contributed by atoms with E-state index >= 15 is 0 Å². The molecule has 1 rings (SSSR count). The number of aliphatic hydroxyl groups excluding tert-OH is 1. The summed E-state index contributed by atoms with van der Waals surface area (Å²) in [4.78, 5) is 0. The highest BCUT2D eigenvalue weighted by Gasteiger charge is 2.01. The zero-order valence-electron chi connectivity index (χ0n) is 7.22. The van der Waals surface area contributed by atoms with Crippen molar-refractivity contribution in [2.45, 2.75) is 13.0 Å².